The van der Waals surface area contributed by atoms with Crippen LogP contribution in [0.3, 0.4) is 0 Å². The Bertz CT molecular complexity index is 925. The molecule has 3 rings (SSSR count). The molecule has 1 aliphatic heterocycles. The molecule has 1 saturated heterocycles. The van der Waals surface area contributed by atoms with Crippen molar-refractivity contribution in [1.82, 2.24) is 5.32 Å². The first kappa shape index (κ1) is 16.9. The number of nitrogens with one attached hydrogen (secondary N) is 1. The second-order valence-corrected chi connectivity index (χ2v) is 5.92. The summed E-state index contributed by atoms with van der Waals surface area (Å²) in [4.78, 5) is 35.8. The highest BCUT2D eigenvalue weighted by atomic mass is 35.5. The van der Waals surface area contributed by atoms with Crippen molar-refractivity contribution >= 4 is 52.6 Å². The fourth-order valence-electron chi connectivity index (χ4n) is 2.29. The van der Waals surface area contributed by atoms with E-state index in [1.807, 2.05) is 0 Å². The summed E-state index contributed by atoms with van der Waals surface area (Å²) in [5.41, 5.74) is 0.425. The van der Waals surface area contributed by atoms with Crippen molar-refractivity contribution in [2.75, 3.05) is 4.90 Å². The summed E-state index contributed by atoms with van der Waals surface area (Å²) in [5, 5.41) is 13.8. The number of nitro groups is 1. The van der Waals surface area contributed by atoms with Crippen molar-refractivity contribution < 1.29 is 14.5 Å². The van der Waals surface area contributed by atoms with Gasteiger partial charge in [-0.3, -0.25) is 14.9 Å². The second-order valence-electron chi connectivity index (χ2n) is 5.07. The van der Waals surface area contributed by atoms with E-state index in [0.29, 0.717) is 16.3 Å². The summed E-state index contributed by atoms with van der Waals surface area (Å²) >= 11 is 11.6. The van der Waals surface area contributed by atoms with Crippen LogP contribution in [-0.4, -0.2) is 16.9 Å². The van der Waals surface area contributed by atoms with Crippen molar-refractivity contribution in [3.05, 3.63) is 73.9 Å². The molecule has 0 bridgehead atoms. The Balaban J connectivity index is 1.94. The summed E-state index contributed by atoms with van der Waals surface area (Å²) in [6, 6.07) is 9.65. The number of amides is 3. The van der Waals surface area contributed by atoms with Crippen molar-refractivity contribution in [1.29, 1.82) is 0 Å². The predicted octanol–water partition coefficient (Wildman–Crippen LogP) is 4.00. The zero-order valence-electron chi connectivity index (χ0n) is 12.4. The highest BCUT2D eigenvalue weighted by Crippen LogP contribution is 2.28. The molecule has 1 fully saturated rings. The molecular weight excluding hydrogens is 369 g/mol. The zero-order valence-corrected chi connectivity index (χ0v) is 13.9. The zero-order chi connectivity index (χ0) is 18.1. The van der Waals surface area contributed by atoms with Crippen LogP contribution in [-0.2, 0) is 4.79 Å². The highest BCUT2D eigenvalue weighted by Gasteiger charge is 2.34. The van der Waals surface area contributed by atoms with Gasteiger partial charge in [0.25, 0.3) is 11.6 Å². The van der Waals surface area contributed by atoms with Crippen LogP contribution in [0.4, 0.5) is 16.2 Å². The largest absolute Gasteiger partial charge is 0.333 e. The molecule has 2 aromatic carbocycles. The third-order valence-electron chi connectivity index (χ3n) is 3.44. The molecular formula is C16H9Cl2N3O4. The summed E-state index contributed by atoms with van der Waals surface area (Å²) in [7, 11) is 0. The normalized spacial score (nSPS) is 15.6. The Morgan fingerprint density at radius 2 is 1.76 bits per heavy atom. The van der Waals surface area contributed by atoms with Gasteiger partial charge in [-0.2, -0.15) is 0 Å². The summed E-state index contributed by atoms with van der Waals surface area (Å²) in [6.07, 6.45) is 1.35. The maximum Gasteiger partial charge on any atom is 0.333 e. The second kappa shape index (κ2) is 6.54. The number of nitro benzene ring substituents is 1. The van der Waals surface area contributed by atoms with Gasteiger partial charge >= 0.3 is 6.03 Å². The van der Waals surface area contributed by atoms with Crippen LogP contribution in [0.2, 0.25) is 10.0 Å². The first-order valence-electron chi connectivity index (χ1n) is 6.93. The highest BCUT2D eigenvalue weighted by molar-refractivity contribution is 6.33. The standard InChI is InChI=1S/C16H9Cl2N3O4/c17-10-2-4-11(5-3-10)20-15(22)13(19-16(20)23)7-9-1-6-12(18)14(8-9)21(24)25/h1-8H,(H,19,23)/b13-7+. The van der Waals surface area contributed by atoms with Crippen LogP contribution in [0.15, 0.2) is 48.2 Å². The Morgan fingerprint density at radius 3 is 2.40 bits per heavy atom. The van der Waals surface area contributed by atoms with Gasteiger partial charge in [0.05, 0.1) is 10.6 Å². The topological polar surface area (TPSA) is 92.5 Å². The van der Waals surface area contributed by atoms with E-state index < -0.39 is 16.9 Å². The number of anilines is 1. The van der Waals surface area contributed by atoms with Gasteiger partial charge < -0.3 is 5.32 Å². The molecule has 0 radical (unpaired) electrons. The maximum absolute atomic E-state index is 12.5. The summed E-state index contributed by atoms with van der Waals surface area (Å²) in [6.45, 7) is 0. The van der Waals surface area contributed by atoms with E-state index >= 15 is 0 Å². The van der Waals surface area contributed by atoms with E-state index in [1.165, 1.54) is 36.4 Å². The number of carbonyl (C=O) groups is 2. The van der Waals surface area contributed by atoms with Gasteiger partial charge in [-0.15, -0.1) is 0 Å². The molecule has 126 valence electrons. The molecule has 2 aromatic rings. The van der Waals surface area contributed by atoms with E-state index in [0.717, 1.165) is 4.90 Å². The number of hydrogen-bond acceptors (Lipinski definition) is 4. The number of benzene rings is 2. The van der Waals surface area contributed by atoms with Crippen LogP contribution in [0.5, 0.6) is 0 Å². The Labute approximate surface area is 151 Å². The summed E-state index contributed by atoms with van der Waals surface area (Å²) in [5.74, 6) is -0.579. The van der Waals surface area contributed by atoms with Crippen LogP contribution in [0.1, 0.15) is 5.56 Å². The lowest BCUT2D eigenvalue weighted by molar-refractivity contribution is -0.384. The maximum atomic E-state index is 12.5. The predicted molar refractivity (Wildman–Crippen MR) is 93.6 cm³/mol. The number of hydrogen-bond donors (Lipinski definition) is 1. The van der Waals surface area contributed by atoms with Crippen LogP contribution < -0.4 is 10.2 Å². The molecule has 25 heavy (non-hydrogen) atoms. The lowest BCUT2D eigenvalue weighted by atomic mass is 10.1. The van der Waals surface area contributed by atoms with E-state index in [2.05, 4.69) is 5.32 Å². The van der Waals surface area contributed by atoms with Gasteiger partial charge in [0.1, 0.15) is 10.7 Å². The first-order chi connectivity index (χ1) is 11.9. The first-order valence-corrected chi connectivity index (χ1v) is 7.69. The van der Waals surface area contributed by atoms with Crippen molar-refractivity contribution in [2.24, 2.45) is 0 Å². The monoisotopic (exact) mass is 377 g/mol. The van der Waals surface area contributed by atoms with Crippen LogP contribution in [0, 0.1) is 10.1 Å². The van der Waals surface area contributed by atoms with Gasteiger partial charge in [-0.05, 0) is 42.0 Å². The van der Waals surface area contributed by atoms with E-state index in [9.17, 15) is 19.7 Å². The molecule has 0 unspecified atom stereocenters. The van der Waals surface area contributed by atoms with Crippen molar-refractivity contribution in [3.63, 3.8) is 0 Å². The fraction of sp³-hybridized carbons (Fsp3) is 0. The third-order valence-corrected chi connectivity index (χ3v) is 4.01. The minimum atomic E-state index is -0.626. The number of imide groups is 1. The van der Waals surface area contributed by atoms with Gasteiger partial charge in [-0.1, -0.05) is 29.3 Å². The van der Waals surface area contributed by atoms with Crippen LogP contribution >= 0.6 is 23.2 Å². The molecule has 0 saturated carbocycles. The number of urea groups is 1. The number of carbonyl (C=O) groups excluding carboxylic acids is 2. The molecule has 0 aliphatic carbocycles. The molecule has 1 heterocycles. The minimum absolute atomic E-state index is 0.00318. The molecule has 3 amide bonds. The van der Waals surface area contributed by atoms with Crippen LogP contribution in [0.25, 0.3) is 6.08 Å². The van der Waals surface area contributed by atoms with Gasteiger partial charge in [-0.25, -0.2) is 9.69 Å². The molecule has 7 nitrogen and oxygen atoms in total. The third kappa shape index (κ3) is 3.33. The van der Waals surface area contributed by atoms with E-state index in [1.54, 1.807) is 12.1 Å². The van der Waals surface area contributed by atoms with Crippen molar-refractivity contribution in [2.45, 2.75) is 0 Å². The van der Waals surface area contributed by atoms with Gasteiger partial charge in [0, 0.05) is 11.1 Å². The Morgan fingerprint density at radius 1 is 1.08 bits per heavy atom. The molecule has 1 N–H and O–H groups in total. The average Bonchev–Trinajstić information content (AvgIpc) is 2.84. The summed E-state index contributed by atoms with van der Waals surface area (Å²) < 4.78 is 0. The minimum Gasteiger partial charge on any atom is -0.302 e. The van der Waals surface area contributed by atoms with Gasteiger partial charge in [0.2, 0.25) is 0 Å². The molecule has 0 aromatic heterocycles. The number of halogens is 2. The SMILES string of the molecule is O=C1N/C(=C/c2ccc(Cl)c([N+](=O)[O-])c2)C(=O)N1c1ccc(Cl)cc1. The molecule has 1 aliphatic rings. The molecule has 0 atom stereocenters. The molecule has 9 heteroatoms. The number of rotatable bonds is 3. The number of nitrogens with zero attached hydrogens (tertiary/aromatic N) is 2. The van der Waals surface area contributed by atoms with E-state index in [-0.39, 0.29) is 16.4 Å². The van der Waals surface area contributed by atoms with Crippen molar-refractivity contribution in [3.8, 4) is 0 Å². The Hall–Kier alpha value is -2.90. The average molecular weight is 378 g/mol. The quantitative estimate of drug-likeness (QED) is 0.378. The molecule has 0 spiro atoms. The fourth-order valence-corrected chi connectivity index (χ4v) is 2.60. The Kier molecular flexibility index (Phi) is 4.43. The lowest BCUT2D eigenvalue weighted by Gasteiger charge is -2.11. The van der Waals surface area contributed by atoms with E-state index in [4.69, 9.17) is 23.2 Å². The lowest BCUT2D eigenvalue weighted by Crippen LogP contribution is -2.30. The smallest absolute Gasteiger partial charge is 0.302 e. The van der Waals surface area contributed by atoms with Gasteiger partial charge in [0.15, 0.2) is 0 Å².